The number of rotatable bonds is 5. The maximum atomic E-state index is 6.20. The van der Waals surface area contributed by atoms with Gasteiger partial charge in [-0.1, -0.05) is 54.1 Å². The molecule has 0 aliphatic carbocycles. The SMILES string of the molecule is C/C(=N/Nc1ccccc1Cl)[C@@H](c1ccccc1)[NH+]1CCOCC1. The highest BCUT2D eigenvalue weighted by molar-refractivity contribution is 6.33. The zero-order valence-electron chi connectivity index (χ0n) is 13.8. The lowest BCUT2D eigenvalue weighted by molar-refractivity contribution is -0.928. The molecular weight excluding hydrogens is 322 g/mol. The number of morpholine rings is 1. The maximum absolute atomic E-state index is 6.20. The summed E-state index contributed by atoms with van der Waals surface area (Å²) in [7, 11) is 0. The van der Waals surface area contributed by atoms with E-state index in [4.69, 9.17) is 16.3 Å². The molecule has 1 aliphatic heterocycles. The van der Waals surface area contributed by atoms with Crippen molar-refractivity contribution in [1.82, 2.24) is 0 Å². The first kappa shape index (κ1) is 17.0. The molecule has 2 aromatic carbocycles. The molecular formula is C19H23ClN3O+. The average molecular weight is 345 g/mol. The molecule has 3 rings (SSSR count). The lowest BCUT2D eigenvalue weighted by Gasteiger charge is -2.31. The molecule has 1 aliphatic rings. The van der Waals surface area contributed by atoms with E-state index in [1.807, 2.05) is 30.3 Å². The van der Waals surface area contributed by atoms with Gasteiger partial charge in [-0.2, -0.15) is 5.10 Å². The Hall–Kier alpha value is -1.88. The van der Waals surface area contributed by atoms with E-state index in [0.29, 0.717) is 5.02 Å². The second kappa shape index (κ2) is 8.29. The molecule has 126 valence electrons. The van der Waals surface area contributed by atoms with Gasteiger partial charge < -0.3 is 9.64 Å². The molecule has 0 amide bonds. The number of hydrogen-bond acceptors (Lipinski definition) is 3. The Balaban J connectivity index is 1.84. The van der Waals surface area contributed by atoms with Crippen LogP contribution in [0, 0.1) is 0 Å². The first-order chi connectivity index (χ1) is 11.8. The Bertz CT molecular complexity index is 684. The van der Waals surface area contributed by atoms with Gasteiger partial charge in [-0.05, 0) is 19.1 Å². The van der Waals surface area contributed by atoms with Crippen LogP contribution >= 0.6 is 11.6 Å². The molecule has 1 heterocycles. The summed E-state index contributed by atoms with van der Waals surface area (Å²) in [5.74, 6) is 0. The zero-order chi connectivity index (χ0) is 16.8. The molecule has 0 saturated carbocycles. The van der Waals surface area contributed by atoms with E-state index in [0.717, 1.165) is 37.7 Å². The number of halogens is 1. The number of quaternary nitrogens is 1. The van der Waals surface area contributed by atoms with Gasteiger partial charge in [-0.3, -0.25) is 5.43 Å². The summed E-state index contributed by atoms with van der Waals surface area (Å²) in [5, 5.41) is 5.30. The smallest absolute Gasteiger partial charge is 0.154 e. The minimum absolute atomic E-state index is 0.213. The standard InChI is InChI=1S/C19H22ClN3O/c1-15(21-22-18-10-6-5-9-17(18)20)19(16-7-3-2-4-8-16)23-11-13-24-14-12-23/h2-10,19,22H,11-14H2,1H3/p+1/b21-15-/t19-/m0/s1. The lowest BCUT2D eigenvalue weighted by Crippen LogP contribution is -3.15. The van der Waals surface area contributed by atoms with Gasteiger partial charge in [0.05, 0.1) is 29.6 Å². The fourth-order valence-corrected chi connectivity index (χ4v) is 3.28. The van der Waals surface area contributed by atoms with Crippen LogP contribution in [0.15, 0.2) is 59.7 Å². The summed E-state index contributed by atoms with van der Waals surface area (Å²) >= 11 is 6.20. The Morgan fingerprint density at radius 1 is 1.08 bits per heavy atom. The highest BCUT2D eigenvalue weighted by Gasteiger charge is 2.28. The van der Waals surface area contributed by atoms with E-state index < -0.39 is 0 Å². The summed E-state index contributed by atoms with van der Waals surface area (Å²) in [6, 6.07) is 18.4. The van der Waals surface area contributed by atoms with Crippen LogP contribution in [0.4, 0.5) is 5.69 Å². The van der Waals surface area contributed by atoms with Gasteiger partial charge in [0.2, 0.25) is 0 Å². The fourth-order valence-electron chi connectivity index (χ4n) is 3.10. The number of benzene rings is 2. The van der Waals surface area contributed by atoms with Gasteiger partial charge in [0.1, 0.15) is 13.1 Å². The second-order valence-corrected chi connectivity index (χ2v) is 6.37. The van der Waals surface area contributed by atoms with Crippen LogP contribution in [0.2, 0.25) is 5.02 Å². The number of anilines is 1. The van der Waals surface area contributed by atoms with Crippen molar-refractivity contribution >= 4 is 23.0 Å². The summed E-state index contributed by atoms with van der Waals surface area (Å²) in [6.07, 6.45) is 0. The zero-order valence-corrected chi connectivity index (χ0v) is 14.6. The monoisotopic (exact) mass is 344 g/mol. The highest BCUT2D eigenvalue weighted by Crippen LogP contribution is 2.21. The number of hydrogen-bond donors (Lipinski definition) is 2. The average Bonchev–Trinajstić information content (AvgIpc) is 2.63. The van der Waals surface area contributed by atoms with Crippen molar-refractivity contribution in [2.24, 2.45) is 5.10 Å². The Kier molecular flexibility index (Phi) is 5.86. The van der Waals surface area contributed by atoms with Gasteiger partial charge in [-0.15, -0.1) is 0 Å². The van der Waals surface area contributed by atoms with Crippen molar-refractivity contribution in [2.45, 2.75) is 13.0 Å². The third-order valence-corrected chi connectivity index (χ3v) is 4.65. The van der Waals surface area contributed by atoms with E-state index >= 15 is 0 Å². The lowest BCUT2D eigenvalue weighted by atomic mass is 10.0. The van der Waals surface area contributed by atoms with Crippen LogP contribution in [-0.4, -0.2) is 32.0 Å². The molecule has 4 nitrogen and oxygen atoms in total. The summed E-state index contributed by atoms with van der Waals surface area (Å²) in [6.45, 7) is 5.63. The minimum atomic E-state index is 0.213. The van der Waals surface area contributed by atoms with Crippen molar-refractivity contribution in [3.05, 3.63) is 65.2 Å². The van der Waals surface area contributed by atoms with Gasteiger partial charge >= 0.3 is 0 Å². The molecule has 0 unspecified atom stereocenters. The molecule has 2 aromatic rings. The summed E-state index contributed by atoms with van der Waals surface area (Å²) in [5.41, 5.74) is 6.25. The van der Waals surface area contributed by atoms with Crippen LogP contribution in [0.1, 0.15) is 18.5 Å². The number of para-hydroxylation sites is 1. The topological polar surface area (TPSA) is 38.1 Å². The molecule has 0 bridgehead atoms. The Morgan fingerprint density at radius 2 is 1.75 bits per heavy atom. The van der Waals surface area contributed by atoms with Crippen molar-refractivity contribution < 1.29 is 9.64 Å². The molecule has 2 N–H and O–H groups in total. The number of hydrazone groups is 1. The first-order valence-electron chi connectivity index (χ1n) is 8.27. The van der Waals surface area contributed by atoms with Crippen molar-refractivity contribution in [1.29, 1.82) is 0 Å². The predicted molar refractivity (Wildman–Crippen MR) is 98.9 cm³/mol. The van der Waals surface area contributed by atoms with Crippen LogP contribution in [-0.2, 0) is 4.74 Å². The molecule has 24 heavy (non-hydrogen) atoms. The second-order valence-electron chi connectivity index (χ2n) is 5.96. The summed E-state index contributed by atoms with van der Waals surface area (Å²) in [4.78, 5) is 1.48. The fraction of sp³-hybridized carbons (Fsp3) is 0.316. The number of nitrogens with one attached hydrogen (secondary N) is 2. The molecule has 5 heteroatoms. The van der Waals surface area contributed by atoms with Gasteiger partial charge in [0.25, 0.3) is 0 Å². The Labute approximate surface area is 148 Å². The van der Waals surface area contributed by atoms with Gasteiger partial charge in [-0.25, -0.2) is 0 Å². The molecule has 0 spiro atoms. The number of nitrogens with zero attached hydrogens (tertiary/aromatic N) is 1. The van der Waals surface area contributed by atoms with Crippen molar-refractivity contribution in [3.8, 4) is 0 Å². The largest absolute Gasteiger partial charge is 0.370 e. The van der Waals surface area contributed by atoms with E-state index in [2.05, 4.69) is 41.7 Å². The number of ether oxygens (including phenoxy) is 1. The molecule has 0 aromatic heterocycles. The van der Waals surface area contributed by atoms with E-state index in [9.17, 15) is 0 Å². The van der Waals surface area contributed by atoms with E-state index in [-0.39, 0.29) is 6.04 Å². The third-order valence-electron chi connectivity index (χ3n) is 4.32. The molecule has 1 fully saturated rings. The van der Waals surface area contributed by atoms with Gasteiger partial charge in [0, 0.05) is 5.56 Å². The normalized spacial score (nSPS) is 17.5. The van der Waals surface area contributed by atoms with Crippen LogP contribution < -0.4 is 10.3 Å². The van der Waals surface area contributed by atoms with Crippen molar-refractivity contribution in [2.75, 3.05) is 31.7 Å². The van der Waals surface area contributed by atoms with Crippen LogP contribution in [0.3, 0.4) is 0 Å². The molecule has 1 saturated heterocycles. The highest BCUT2D eigenvalue weighted by atomic mass is 35.5. The quantitative estimate of drug-likeness (QED) is 0.646. The van der Waals surface area contributed by atoms with Crippen molar-refractivity contribution in [3.63, 3.8) is 0 Å². The predicted octanol–water partition coefficient (Wildman–Crippen LogP) is 2.78. The summed E-state index contributed by atoms with van der Waals surface area (Å²) < 4.78 is 5.52. The minimum Gasteiger partial charge on any atom is -0.370 e. The van der Waals surface area contributed by atoms with Crippen LogP contribution in [0.25, 0.3) is 0 Å². The maximum Gasteiger partial charge on any atom is 0.154 e. The molecule has 1 atom stereocenters. The van der Waals surface area contributed by atoms with E-state index in [1.54, 1.807) is 0 Å². The third kappa shape index (κ3) is 4.15. The van der Waals surface area contributed by atoms with E-state index in [1.165, 1.54) is 10.5 Å². The first-order valence-corrected chi connectivity index (χ1v) is 8.65. The van der Waals surface area contributed by atoms with Gasteiger partial charge in [0.15, 0.2) is 6.04 Å². The Morgan fingerprint density at radius 3 is 2.46 bits per heavy atom. The molecule has 0 radical (unpaired) electrons. The van der Waals surface area contributed by atoms with Crippen LogP contribution in [0.5, 0.6) is 0 Å².